The molecule has 2 aromatic rings. The Kier molecular flexibility index (Phi) is 3.81. The summed E-state index contributed by atoms with van der Waals surface area (Å²) in [6, 6.07) is 7.46. The van der Waals surface area contributed by atoms with Crippen LogP contribution >= 0.6 is 0 Å². The lowest BCUT2D eigenvalue weighted by atomic mass is 10.1. The summed E-state index contributed by atoms with van der Waals surface area (Å²) in [6.07, 6.45) is 8.25. The highest BCUT2D eigenvalue weighted by Crippen LogP contribution is 2.12. The Morgan fingerprint density at radius 1 is 1.12 bits per heavy atom. The average molecular weight is 230 g/mol. The van der Waals surface area contributed by atoms with Crippen LogP contribution in [0.1, 0.15) is 24.1 Å². The third-order valence-corrected chi connectivity index (χ3v) is 3.00. The summed E-state index contributed by atoms with van der Waals surface area (Å²) < 4.78 is 2.07. The van der Waals surface area contributed by atoms with E-state index in [4.69, 9.17) is 0 Å². The summed E-state index contributed by atoms with van der Waals surface area (Å²) in [4.78, 5) is 4.10. The van der Waals surface area contributed by atoms with Gasteiger partial charge in [-0.05, 0) is 43.4 Å². The van der Waals surface area contributed by atoms with Crippen molar-refractivity contribution in [2.24, 2.45) is 7.05 Å². The minimum atomic E-state index is 0.337. The summed E-state index contributed by atoms with van der Waals surface area (Å²) in [6.45, 7) is 0. The van der Waals surface area contributed by atoms with E-state index in [0.717, 1.165) is 19.3 Å². The fourth-order valence-electron chi connectivity index (χ4n) is 1.92. The van der Waals surface area contributed by atoms with Gasteiger partial charge in [0.2, 0.25) is 0 Å². The molecule has 90 valence electrons. The normalized spacial score (nSPS) is 10.6. The molecule has 17 heavy (non-hydrogen) atoms. The maximum Gasteiger partial charge on any atom is 0.115 e. The number of hydrogen-bond acceptors (Lipinski definition) is 2. The lowest BCUT2D eigenvalue weighted by molar-refractivity contribution is 0.475. The molecule has 0 aliphatic rings. The van der Waals surface area contributed by atoms with Gasteiger partial charge >= 0.3 is 0 Å². The Morgan fingerprint density at radius 3 is 2.47 bits per heavy atom. The van der Waals surface area contributed by atoms with Gasteiger partial charge in [-0.1, -0.05) is 12.1 Å². The largest absolute Gasteiger partial charge is 0.508 e. The SMILES string of the molecule is Cn1cncc1CCCCc1ccc(O)cc1. The molecule has 1 N–H and O–H groups in total. The zero-order valence-corrected chi connectivity index (χ0v) is 10.1. The summed E-state index contributed by atoms with van der Waals surface area (Å²) >= 11 is 0. The molecule has 1 heterocycles. The van der Waals surface area contributed by atoms with Crippen molar-refractivity contribution in [2.75, 3.05) is 0 Å². The number of hydrogen-bond donors (Lipinski definition) is 1. The van der Waals surface area contributed by atoms with Crippen molar-refractivity contribution in [2.45, 2.75) is 25.7 Å². The molecule has 3 heteroatoms. The van der Waals surface area contributed by atoms with Crippen LogP contribution in [0.4, 0.5) is 0 Å². The smallest absolute Gasteiger partial charge is 0.115 e. The van der Waals surface area contributed by atoms with Gasteiger partial charge in [0, 0.05) is 18.9 Å². The van der Waals surface area contributed by atoms with Crippen LogP contribution in [0.2, 0.25) is 0 Å². The number of nitrogens with zero attached hydrogens (tertiary/aromatic N) is 2. The molecule has 0 saturated carbocycles. The highest BCUT2D eigenvalue weighted by Gasteiger charge is 1.99. The number of aromatic nitrogens is 2. The van der Waals surface area contributed by atoms with E-state index in [1.165, 1.54) is 17.7 Å². The van der Waals surface area contributed by atoms with Crippen molar-refractivity contribution in [3.8, 4) is 5.75 Å². The lowest BCUT2D eigenvalue weighted by Crippen LogP contribution is -1.95. The van der Waals surface area contributed by atoms with Gasteiger partial charge in [-0.15, -0.1) is 0 Å². The van der Waals surface area contributed by atoms with Crippen LogP contribution in [0, 0.1) is 0 Å². The first-order valence-corrected chi connectivity index (χ1v) is 5.99. The molecule has 0 aliphatic carbocycles. The van der Waals surface area contributed by atoms with Gasteiger partial charge in [0.25, 0.3) is 0 Å². The van der Waals surface area contributed by atoms with Crippen LogP contribution in [0.3, 0.4) is 0 Å². The van der Waals surface area contributed by atoms with E-state index in [2.05, 4.69) is 9.55 Å². The molecule has 0 fully saturated rings. The van der Waals surface area contributed by atoms with E-state index in [9.17, 15) is 5.11 Å². The second-order valence-corrected chi connectivity index (χ2v) is 4.37. The predicted octanol–water partition coefficient (Wildman–Crippen LogP) is 2.69. The van der Waals surface area contributed by atoms with E-state index in [1.807, 2.05) is 31.7 Å². The Balaban J connectivity index is 1.73. The molecule has 0 unspecified atom stereocenters. The molecule has 1 aromatic carbocycles. The third kappa shape index (κ3) is 3.34. The van der Waals surface area contributed by atoms with Crippen LogP contribution in [0.15, 0.2) is 36.8 Å². The number of aromatic hydroxyl groups is 1. The molecule has 0 saturated heterocycles. The minimum absolute atomic E-state index is 0.337. The zero-order chi connectivity index (χ0) is 12.1. The maximum absolute atomic E-state index is 9.17. The van der Waals surface area contributed by atoms with Crippen LogP contribution in [-0.4, -0.2) is 14.7 Å². The van der Waals surface area contributed by atoms with Crippen molar-refractivity contribution >= 4 is 0 Å². The third-order valence-electron chi connectivity index (χ3n) is 3.00. The number of aryl methyl sites for hydroxylation is 3. The van der Waals surface area contributed by atoms with Crippen LogP contribution < -0.4 is 0 Å². The van der Waals surface area contributed by atoms with E-state index in [-0.39, 0.29) is 0 Å². The van der Waals surface area contributed by atoms with Crippen LogP contribution in [0.5, 0.6) is 5.75 Å². The number of phenols is 1. The van der Waals surface area contributed by atoms with Crippen molar-refractivity contribution in [3.05, 3.63) is 48.0 Å². The van der Waals surface area contributed by atoms with Gasteiger partial charge in [-0.3, -0.25) is 0 Å². The zero-order valence-electron chi connectivity index (χ0n) is 10.1. The van der Waals surface area contributed by atoms with E-state index in [1.54, 1.807) is 12.1 Å². The summed E-state index contributed by atoms with van der Waals surface area (Å²) in [5.41, 5.74) is 2.57. The molecule has 0 atom stereocenters. The van der Waals surface area contributed by atoms with Crippen LogP contribution in [-0.2, 0) is 19.9 Å². The van der Waals surface area contributed by atoms with Crippen molar-refractivity contribution in [3.63, 3.8) is 0 Å². The first-order valence-electron chi connectivity index (χ1n) is 5.99. The van der Waals surface area contributed by atoms with Crippen molar-refractivity contribution < 1.29 is 5.11 Å². The molecule has 0 spiro atoms. The van der Waals surface area contributed by atoms with Crippen LogP contribution in [0.25, 0.3) is 0 Å². The van der Waals surface area contributed by atoms with Gasteiger partial charge in [0.1, 0.15) is 5.75 Å². The maximum atomic E-state index is 9.17. The lowest BCUT2D eigenvalue weighted by Gasteiger charge is -2.03. The Hall–Kier alpha value is -1.77. The average Bonchev–Trinajstić information content (AvgIpc) is 2.73. The van der Waals surface area contributed by atoms with Crippen molar-refractivity contribution in [1.82, 2.24) is 9.55 Å². The molecular weight excluding hydrogens is 212 g/mol. The second-order valence-electron chi connectivity index (χ2n) is 4.37. The van der Waals surface area contributed by atoms with Gasteiger partial charge in [0.15, 0.2) is 0 Å². The number of rotatable bonds is 5. The highest BCUT2D eigenvalue weighted by atomic mass is 16.3. The van der Waals surface area contributed by atoms with E-state index in [0.29, 0.717) is 5.75 Å². The molecule has 3 nitrogen and oxygen atoms in total. The molecular formula is C14H18N2O. The predicted molar refractivity (Wildman–Crippen MR) is 68.0 cm³/mol. The highest BCUT2D eigenvalue weighted by molar-refractivity contribution is 5.25. The first-order chi connectivity index (χ1) is 8.25. The molecule has 0 bridgehead atoms. The molecule has 1 aromatic heterocycles. The molecule has 0 radical (unpaired) electrons. The topological polar surface area (TPSA) is 38.0 Å². The standard InChI is InChI=1S/C14H18N2O/c1-16-11-15-10-13(16)5-3-2-4-12-6-8-14(17)9-7-12/h6-11,17H,2-5H2,1H3. The number of unbranched alkanes of at least 4 members (excludes halogenated alkanes) is 1. The summed E-state index contributed by atoms with van der Waals surface area (Å²) in [5, 5.41) is 9.17. The Bertz CT molecular complexity index is 459. The number of benzene rings is 1. The molecule has 0 amide bonds. The summed E-state index contributed by atoms with van der Waals surface area (Å²) in [5.74, 6) is 0.337. The first kappa shape index (κ1) is 11.7. The fourth-order valence-corrected chi connectivity index (χ4v) is 1.92. The van der Waals surface area contributed by atoms with Gasteiger partial charge in [-0.25, -0.2) is 4.98 Å². The molecule has 0 aliphatic heterocycles. The van der Waals surface area contributed by atoms with Gasteiger partial charge < -0.3 is 9.67 Å². The number of phenolic OH excluding ortho intramolecular Hbond substituents is 1. The van der Waals surface area contributed by atoms with Gasteiger partial charge in [-0.2, -0.15) is 0 Å². The van der Waals surface area contributed by atoms with E-state index >= 15 is 0 Å². The Morgan fingerprint density at radius 2 is 1.82 bits per heavy atom. The second kappa shape index (κ2) is 5.53. The minimum Gasteiger partial charge on any atom is -0.508 e. The van der Waals surface area contributed by atoms with Gasteiger partial charge in [0.05, 0.1) is 6.33 Å². The van der Waals surface area contributed by atoms with Crippen molar-refractivity contribution in [1.29, 1.82) is 0 Å². The quantitative estimate of drug-likeness (QED) is 0.802. The Labute approximate surface area is 102 Å². The van der Waals surface area contributed by atoms with E-state index < -0.39 is 0 Å². The fraction of sp³-hybridized carbons (Fsp3) is 0.357. The summed E-state index contributed by atoms with van der Waals surface area (Å²) in [7, 11) is 2.03. The monoisotopic (exact) mass is 230 g/mol. The molecule has 2 rings (SSSR count). The number of imidazole rings is 1.